The van der Waals surface area contributed by atoms with Crippen molar-refractivity contribution in [3.05, 3.63) is 12.7 Å². The molecule has 9 nitrogen and oxygen atoms in total. The van der Waals surface area contributed by atoms with E-state index < -0.39 is 15.4 Å². The molecule has 4 rings (SSSR count). The molecule has 2 aliphatic heterocycles. The molecule has 148 valence electrons. The molecule has 0 radical (unpaired) electrons. The van der Waals surface area contributed by atoms with Gasteiger partial charge in [0.1, 0.15) is 11.9 Å². The number of imidazole rings is 1. The SMILES string of the molecule is CC1OCCC1(O)Cn1cnc2c(N(C)CC3CCS(=O)(=O)C3)ncnc21. The summed E-state index contributed by atoms with van der Waals surface area (Å²) in [5, 5.41) is 10.8. The van der Waals surface area contributed by atoms with Crippen LogP contribution in [0, 0.1) is 5.92 Å². The molecule has 2 aromatic heterocycles. The van der Waals surface area contributed by atoms with Gasteiger partial charge in [-0.05, 0) is 19.3 Å². The summed E-state index contributed by atoms with van der Waals surface area (Å²) in [4.78, 5) is 15.1. The molecule has 2 aliphatic rings. The molecule has 2 saturated heterocycles. The quantitative estimate of drug-likeness (QED) is 0.766. The van der Waals surface area contributed by atoms with Crippen molar-refractivity contribution in [1.82, 2.24) is 19.5 Å². The molecule has 2 aromatic rings. The van der Waals surface area contributed by atoms with Crippen molar-refractivity contribution in [3.63, 3.8) is 0 Å². The zero-order chi connectivity index (χ0) is 19.2. The molecule has 10 heteroatoms. The van der Waals surface area contributed by atoms with Crippen molar-refractivity contribution in [1.29, 1.82) is 0 Å². The summed E-state index contributed by atoms with van der Waals surface area (Å²) in [5.41, 5.74) is 0.359. The highest BCUT2D eigenvalue weighted by molar-refractivity contribution is 7.91. The average Bonchev–Trinajstić information content (AvgIpc) is 3.26. The number of sulfone groups is 1. The van der Waals surface area contributed by atoms with Crippen LogP contribution < -0.4 is 4.90 Å². The highest BCUT2D eigenvalue weighted by Crippen LogP contribution is 2.30. The Kier molecular flexibility index (Phi) is 4.59. The molecule has 3 unspecified atom stereocenters. The van der Waals surface area contributed by atoms with Gasteiger partial charge in [0.2, 0.25) is 0 Å². The largest absolute Gasteiger partial charge is 0.385 e. The van der Waals surface area contributed by atoms with E-state index in [-0.39, 0.29) is 23.5 Å². The highest BCUT2D eigenvalue weighted by Gasteiger charge is 2.40. The molecule has 0 amide bonds. The molecule has 1 N–H and O–H groups in total. The standard InChI is InChI=1S/C17H25N5O4S/c1-12-17(23,4-5-26-12)9-22-11-20-14-15(18-10-19-16(14)22)21(2)7-13-3-6-27(24,25)8-13/h10-13,23H,3-9H2,1-2H3. The molecule has 0 spiro atoms. The minimum Gasteiger partial charge on any atom is -0.385 e. The van der Waals surface area contributed by atoms with Crippen molar-refractivity contribution in [2.24, 2.45) is 5.92 Å². The van der Waals surface area contributed by atoms with Gasteiger partial charge in [0.25, 0.3) is 0 Å². The fraction of sp³-hybridized carbons (Fsp3) is 0.706. The van der Waals surface area contributed by atoms with Gasteiger partial charge in [-0.2, -0.15) is 0 Å². The average molecular weight is 395 g/mol. The van der Waals surface area contributed by atoms with E-state index in [4.69, 9.17) is 4.74 Å². The molecular weight excluding hydrogens is 370 g/mol. The zero-order valence-electron chi connectivity index (χ0n) is 15.6. The first kappa shape index (κ1) is 18.6. The first-order valence-corrected chi connectivity index (χ1v) is 11.0. The Hall–Kier alpha value is -1.78. The Balaban J connectivity index is 1.57. The molecule has 3 atom stereocenters. The maximum absolute atomic E-state index is 11.7. The lowest BCUT2D eigenvalue weighted by atomic mass is 9.97. The van der Waals surface area contributed by atoms with Crippen molar-refractivity contribution in [2.75, 3.05) is 36.6 Å². The van der Waals surface area contributed by atoms with Crippen molar-refractivity contribution < 1.29 is 18.3 Å². The third-order valence-electron chi connectivity index (χ3n) is 5.71. The van der Waals surface area contributed by atoms with Crippen LogP contribution >= 0.6 is 0 Å². The number of aromatic nitrogens is 4. The molecular formula is C17H25N5O4S. The molecule has 0 aliphatic carbocycles. The van der Waals surface area contributed by atoms with Crippen LogP contribution in [-0.2, 0) is 21.1 Å². The topological polar surface area (TPSA) is 110 Å². The Morgan fingerprint density at radius 1 is 1.41 bits per heavy atom. The third-order valence-corrected chi connectivity index (χ3v) is 7.54. The van der Waals surface area contributed by atoms with Gasteiger partial charge in [0, 0.05) is 26.6 Å². The lowest BCUT2D eigenvalue weighted by Crippen LogP contribution is -2.40. The van der Waals surface area contributed by atoms with E-state index in [1.807, 2.05) is 23.4 Å². The van der Waals surface area contributed by atoms with E-state index in [1.54, 1.807) is 6.33 Å². The summed E-state index contributed by atoms with van der Waals surface area (Å²) in [6, 6.07) is 0. The Morgan fingerprint density at radius 2 is 2.22 bits per heavy atom. The normalized spacial score (nSPS) is 30.2. The number of hydrogen-bond acceptors (Lipinski definition) is 8. The molecule has 0 aromatic carbocycles. The smallest absolute Gasteiger partial charge is 0.165 e. The summed E-state index contributed by atoms with van der Waals surface area (Å²) in [5.74, 6) is 1.26. The number of nitrogens with zero attached hydrogens (tertiary/aromatic N) is 5. The predicted octanol–water partition coefficient (Wildman–Crippen LogP) is 0.237. The van der Waals surface area contributed by atoms with Crippen LogP contribution in [-0.4, -0.2) is 76.5 Å². The van der Waals surface area contributed by atoms with Gasteiger partial charge < -0.3 is 19.3 Å². The fourth-order valence-electron chi connectivity index (χ4n) is 4.03. The summed E-state index contributed by atoms with van der Waals surface area (Å²) in [6.07, 6.45) is 4.15. The van der Waals surface area contributed by atoms with Gasteiger partial charge in [-0.15, -0.1) is 0 Å². The monoisotopic (exact) mass is 395 g/mol. The van der Waals surface area contributed by atoms with Crippen LogP contribution in [0.15, 0.2) is 12.7 Å². The minimum absolute atomic E-state index is 0.101. The fourth-order valence-corrected chi connectivity index (χ4v) is 5.88. The van der Waals surface area contributed by atoms with Gasteiger partial charge in [-0.3, -0.25) is 0 Å². The first-order valence-electron chi connectivity index (χ1n) is 9.19. The number of ether oxygens (including phenoxy) is 1. The zero-order valence-corrected chi connectivity index (χ0v) is 16.4. The predicted molar refractivity (Wildman–Crippen MR) is 100 cm³/mol. The van der Waals surface area contributed by atoms with Gasteiger partial charge >= 0.3 is 0 Å². The van der Waals surface area contributed by atoms with Crippen molar-refractivity contribution in [3.8, 4) is 0 Å². The van der Waals surface area contributed by atoms with Gasteiger partial charge in [-0.1, -0.05) is 0 Å². The molecule has 27 heavy (non-hydrogen) atoms. The highest BCUT2D eigenvalue weighted by atomic mass is 32.2. The van der Waals surface area contributed by atoms with Crippen molar-refractivity contribution in [2.45, 2.75) is 38.0 Å². The third kappa shape index (κ3) is 3.53. The number of rotatable bonds is 5. The summed E-state index contributed by atoms with van der Waals surface area (Å²) in [6.45, 7) is 3.37. The number of aliphatic hydroxyl groups is 1. The summed E-state index contributed by atoms with van der Waals surface area (Å²) < 4.78 is 30.7. The van der Waals surface area contributed by atoms with Gasteiger partial charge in [-0.25, -0.2) is 23.4 Å². The lowest BCUT2D eigenvalue weighted by molar-refractivity contribution is -0.0382. The second kappa shape index (κ2) is 6.68. The van der Waals surface area contributed by atoms with Crippen molar-refractivity contribution >= 4 is 26.8 Å². The summed E-state index contributed by atoms with van der Waals surface area (Å²) >= 11 is 0. The Morgan fingerprint density at radius 3 is 2.89 bits per heavy atom. The number of hydrogen-bond donors (Lipinski definition) is 1. The second-order valence-electron chi connectivity index (χ2n) is 7.76. The van der Waals surface area contributed by atoms with Gasteiger partial charge in [0.05, 0.1) is 30.5 Å². The maximum atomic E-state index is 11.7. The Bertz CT molecular complexity index is 946. The van der Waals surface area contributed by atoms with E-state index in [0.717, 1.165) is 0 Å². The molecule has 0 saturated carbocycles. The number of anilines is 1. The van der Waals surface area contributed by atoms with Gasteiger partial charge in [0.15, 0.2) is 26.8 Å². The van der Waals surface area contributed by atoms with E-state index in [9.17, 15) is 13.5 Å². The van der Waals surface area contributed by atoms with Crippen LogP contribution in [0.2, 0.25) is 0 Å². The maximum Gasteiger partial charge on any atom is 0.165 e. The number of fused-ring (bicyclic) bond motifs is 1. The molecule has 2 fully saturated rings. The van der Waals surface area contributed by atoms with Crippen LogP contribution in [0.1, 0.15) is 19.8 Å². The molecule has 4 heterocycles. The van der Waals surface area contributed by atoms with Crippen LogP contribution in [0.3, 0.4) is 0 Å². The first-order chi connectivity index (χ1) is 12.8. The van der Waals surface area contributed by atoms with E-state index in [0.29, 0.717) is 49.5 Å². The summed E-state index contributed by atoms with van der Waals surface area (Å²) in [7, 11) is -1.01. The van der Waals surface area contributed by atoms with E-state index >= 15 is 0 Å². The van der Waals surface area contributed by atoms with Crippen LogP contribution in [0.25, 0.3) is 11.2 Å². The molecule has 0 bridgehead atoms. The minimum atomic E-state index is -2.91. The van der Waals surface area contributed by atoms with E-state index in [1.165, 1.54) is 6.33 Å². The Labute approximate surface area is 158 Å². The second-order valence-corrected chi connectivity index (χ2v) is 9.99. The lowest BCUT2D eigenvalue weighted by Gasteiger charge is -2.26. The van der Waals surface area contributed by atoms with E-state index in [2.05, 4.69) is 15.0 Å². The van der Waals surface area contributed by atoms with Crippen LogP contribution in [0.5, 0.6) is 0 Å². The van der Waals surface area contributed by atoms with Crippen LogP contribution in [0.4, 0.5) is 5.82 Å².